The Balaban J connectivity index is 2.60. The van der Waals surface area contributed by atoms with E-state index in [9.17, 15) is 8.60 Å². The van der Waals surface area contributed by atoms with E-state index in [4.69, 9.17) is 11.6 Å². The van der Waals surface area contributed by atoms with Gasteiger partial charge in [-0.2, -0.15) is 0 Å². The average Bonchev–Trinajstić information content (AvgIpc) is 2.28. The summed E-state index contributed by atoms with van der Waals surface area (Å²) < 4.78 is 24.4. The Bertz CT molecular complexity index is 413. The third-order valence-electron chi connectivity index (χ3n) is 2.72. The monoisotopic (exact) mass is 277 g/mol. The standard InChI is InChI=1S/C12H17ClFNOS/c1-8(17(3)16)7-15-9(2)10-4-5-11(13)12(14)6-10/h4-6,8-9,15H,7H2,1-3H3. The number of rotatable bonds is 5. The van der Waals surface area contributed by atoms with Crippen LogP contribution in [-0.4, -0.2) is 22.3 Å². The molecule has 0 saturated carbocycles. The number of hydrogen-bond acceptors (Lipinski definition) is 2. The fourth-order valence-corrected chi connectivity index (χ4v) is 1.81. The first-order chi connectivity index (χ1) is 7.91. The molecule has 0 amide bonds. The highest BCUT2D eigenvalue weighted by atomic mass is 35.5. The topological polar surface area (TPSA) is 29.1 Å². The van der Waals surface area contributed by atoms with Crippen LogP contribution in [0.4, 0.5) is 4.39 Å². The second-order valence-corrected chi connectivity index (χ2v) is 6.32. The van der Waals surface area contributed by atoms with Crippen molar-refractivity contribution in [2.24, 2.45) is 0 Å². The van der Waals surface area contributed by atoms with Gasteiger partial charge < -0.3 is 5.32 Å². The highest BCUT2D eigenvalue weighted by Gasteiger charge is 2.11. The van der Waals surface area contributed by atoms with Crippen LogP contribution in [0.15, 0.2) is 18.2 Å². The van der Waals surface area contributed by atoms with Gasteiger partial charge in [-0.15, -0.1) is 0 Å². The van der Waals surface area contributed by atoms with Gasteiger partial charge >= 0.3 is 0 Å². The lowest BCUT2D eigenvalue weighted by Gasteiger charge is -2.17. The maximum atomic E-state index is 13.3. The maximum absolute atomic E-state index is 13.3. The Morgan fingerprint density at radius 1 is 1.47 bits per heavy atom. The van der Waals surface area contributed by atoms with Gasteiger partial charge in [0.15, 0.2) is 0 Å². The summed E-state index contributed by atoms with van der Waals surface area (Å²) in [7, 11) is -0.849. The van der Waals surface area contributed by atoms with Crippen molar-refractivity contribution in [2.75, 3.05) is 12.8 Å². The van der Waals surface area contributed by atoms with Crippen LogP contribution < -0.4 is 5.32 Å². The normalized spacial score (nSPS) is 16.5. The molecule has 1 aromatic rings. The highest BCUT2D eigenvalue weighted by molar-refractivity contribution is 7.84. The molecule has 5 heteroatoms. The van der Waals surface area contributed by atoms with E-state index in [1.54, 1.807) is 18.4 Å². The molecule has 1 aromatic carbocycles. The summed E-state index contributed by atoms with van der Waals surface area (Å²) in [5.41, 5.74) is 0.834. The highest BCUT2D eigenvalue weighted by Crippen LogP contribution is 2.20. The fraction of sp³-hybridized carbons (Fsp3) is 0.500. The van der Waals surface area contributed by atoms with E-state index < -0.39 is 16.6 Å². The Hall–Kier alpha value is -0.450. The lowest BCUT2D eigenvalue weighted by atomic mass is 10.1. The predicted octanol–water partition coefficient (Wildman–Crippen LogP) is 2.90. The van der Waals surface area contributed by atoms with Gasteiger partial charge in [-0.1, -0.05) is 17.7 Å². The third-order valence-corrected chi connectivity index (χ3v) is 4.33. The summed E-state index contributed by atoms with van der Waals surface area (Å²) >= 11 is 5.62. The Morgan fingerprint density at radius 2 is 2.12 bits per heavy atom. The van der Waals surface area contributed by atoms with Crippen molar-refractivity contribution in [3.8, 4) is 0 Å². The van der Waals surface area contributed by atoms with Crippen LogP contribution in [-0.2, 0) is 10.8 Å². The molecule has 0 saturated heterocycles. The molecule has 0 radical (unpaired) electrons. The van der Waals surface area contributed by atoms with Gasteiger partial charge in [0.25, 0.3) is 0 Å². The molecular weight excluding hydrogens is 261 g/mol. The van der Waals surface area contributed by atoms with E-state index in [1.165, 1.54) is 6.07 Å². The molecule has 3 unspecified atom stereocenters. The SMILES string of the molecule is CC(NCC(C)S(C)=O)c1ccc(Cl)c(F)c1. The molecule has 2 nitrogen and oxygen atoms in total. The predicted molar refractivity (Wildman–Crippen MR) is 71.4 cm³/mol. The largest absolute Gasteiger partial charge is 0.309 e. The van der Waals surface area contributed by atoms with E-state index in [0.717, 1.165) is 5.56 Å². The first-order valence-electron chi connectivity index (χ1n) is 5.42. The zero-order valence-electron chi connectivity index (χ0n) is 10.2. The molecule has 0 aromatic heterocycles. The summed E-state index contributed by atoms with van der Waals surface area (Å²) in [4.78, 5) is 0. The van der Waals surface area contributed by atoms with Crippen molar-refractivity contribution < 1.29 is 8.60 Å². The van der Waals surface area contributed by atoms with Crippen molar-refractivity contribution >= 4 is 22.4 Å². The molecule has 0 bridgehead atoms. The first kappa shape index (κ1) is 14.6. The molecule has 0 fully saturated rings. The van der Waals surface area contributed by atoms with Crippen LogP contribution in [0.5, 0.6) is 0 Å². The van der Waals surface area contributed by atoms with E-state index >= 15 is 0 Å². The molecule has 1 N–H and O–H groups in total. The van der Waals surface area contributed by atoms with Crippen LogP contribution in [0.2, 0.25) is 5.02 Å². The second kappa shape index (κ2) is 6.47. The van der Waals surface area contributed by atoms with Crippen molar-refractivity contribution in [1.29, 1.82) is 0 Å². The number of hydrogen-bond donors (Lipinski definition) is 1. The summed E-state index contributed by atoms with van der Waals surface area (Å²) in [6.07, 6.45) is 1.68. The van der Waals surface area contributed by atoms with Crippen LogP contribution in [0.25, 0.3) is 0 Å². The van der Waals surface area contributed by atoms with Crippen LogP contribution in [0.3, 0.4) is 0 Å². The van der Waals surface area contributed by atoms with Crippen LogP contribution in [0.1, 0.15) is 25.5 Å². The van der Waals surface area contributed by atoms with Gasteiger partial charge in [-0.05, 0) is 31.5 Å². The lowest BCUT2D eigenvalue weighted by molar-refractivity contribution is 0.561. The summed E-state index contributed by atoms with van der Waals surface area (Å²) in [5.74, 6) is -0.412. The van der Waals surface area contributed by atoms with Crippen LogP contribution >= 0.6 is 11.6 Å². The summed E-state index contributed by atoms with van der Waals surface area (Å²) in [6, 6.07) is 4.77. The van der Waals surface area contributed by atoms with Gasteiger partial charge in [0.1, 0.15) is 5.82 Å². The second-order valence-electron chi connectivity index (χ2n) is 4.11. The minimum Gasteiger partial charge on any atom is -0.309 e. The minimum atomic E-state index is -0.849. The van der Waals surface area contributed by atoms with E-state index in [0.29, 0.717) is 6.54 Å². The van der Waals surface area contributed by atoms with E-state index in [2.05, 4.69) is 5.32 Å². The van der Waals surface area contributed by atoms with Crippen molar-refractivity contribution in [3.05, 3.63) is 34.6 Å². The number of halogens is 2. The third kappa shape index (κ3) is 4.37. The van der Waals surface area contributed by atoms with Crippen molar-refractivity contribution in [2.45, 2.75) is 25.1 Å². The Kier molecular flexibility index (Phi) is 5.56. The zero-order valence-corrected chi connectivity index (χ0v) is 11.7. The summed E-state index contributed by atoms with van der Waals surface area (Å²) in [5, 5.41) is 3.43. The molecule has 0 aliphatic rings. The fourth-order valence-electron chi connectivity index (χ4n) is 1.36. The van der Waals surface area contributed by atoms with Crippen molar-refractivity contribution in [3.63, 3.8) is 0 Å². The van der Waals surface area contributed by atoms with Gasteiger partial charge in [-0.25, -0.2) is 4.39 Å². The molecule has 0 aliphatic carbocycles. The first-order valence-corrected chi connectivity index (χ1v) is 7.42. The smallest absolute Gasteiger partial charge is 0.142 e. The lowest BCUT2D eigenvalue weighted by Crippen LogP contribution is -2.29. The van der Waals surface area contributed by atoms with Gasteiger partial charge in [-0.3, -0.25) is 4.21 Å². The minimum absolute atomic E-state index is 0.00719. The molecule has 3 atom stereocenters. The van der Waals surface area contributed by atoms with Gasteiger partial charge in [0, 0.05) is 34.9 Å². The number of nitrogens with one attached hydrogen (secondary N) is 1. The van der Waals surface area contributed by atoms with Crippen molar-refractivity contribution in [1.82, 2.24) is 5.32 Å². The Labute approximate surface area is 109 Å². The molecule has 1 rings (SSSR count). The van der Waals surface area contributed by atoms with Gasteiger partial charge in [0.05, 0.1) is 5.02 Å². The zero-order chi connectivity index (χ0) is 13.0. The molecule has 0 heterocycles. The average molecular weight is 278 g/mol. The quantitative estimate of drug-likeness (QED) is 0.897. The maximum Gasteiger partial charge on any atom is 0.142 e. The van der Waals surface area contributed by atoms with Gasteiger partial charge in [0.2, 0.25) is 0 Å². The summed E-state index contributed by atoms with van der Waals surface area (Å²) in [6.45, 7) is 4.49. The molecular formula is C12H17ClFNOS. The Morgan fingerprint density at radius 3 is 2.65 bits per heavy atom. The number of benzene rings is 1. The van der Waals surface area contributed by atoms with E-state index in [1.807, 2.05) is 13.8 Å². The molecule has 0 spiro atoms. The molecule has 17 heavy (non-hydrogen) atoms. The van der Waals surface area contributed by atoms with Crippen LogP contribution in [0, 0.1) is 5.82 Å². The van der Waals surface area contributed by atoms with E-state index in [-0.39, 0.29) is 16.3 Å². The molecule has 96 valence electrons. The molecule has 0 aliphatic heterocycles.